The molecule has 2 aromatic rings. The van der Waals surface area contributed by atoms with E-state index in [4.69, 9.17) is 4.74 Å². The number of urea groups is 1. The molecular weight excluding hydrogens is 469 g/mol. The Morgan fingerprint density at radius 1 is 1.11 bits per heavy atom. The maximum absolute atomic E-state index is 12.5. The van der Waals surface area contributed by atoms with Gasteiger partial charge in [-0.15, -0.1) is 0 Å². The normalized spacial score (nSPS) is 14.4. The first kappa shape index (κ1) is 20.4. The molecule has 2 N–H and O–H groups in total. The van der Waals surface area contributed by atoms with E-state index in [2.05, 4.69) is 33.2 Å². The number of amides is 3. The summed E-state index contributed by atoms with van der Waals surface area (Å²) < 4.78 is 6.22. The standard InChI is InChI=1S/C21H24IN3O3/c1-28-19-9-5-4-8-18(19)24-21(27)25-12-10-15(11-13-25)14-23-20(26)16-6-2-3-7-17(16)22/h2-9,15H,10-14H2,1H3,(H,23,26)(H,24,27). The van der Waals surface area contributed by atoms with E-state index in [-0.39, 0.29) is 11.9 Å². The molecule has 0 aromatic heterocycles. The fourth-order valence-electron chi connectivity index (χ4n) is 3.26. The van der Waals surface area contributed by atoms with E-state index in [0.29, 0.717) is 42.6 Å². The number of rotatable bonds is 5. The fraction of sp³-hybridized carbons (Fsp3) is 0.333. The molecule has 0 radical (unpaired) electrons. The van der Waals surface area contributed by atoms with Crippen molar-refractivity contribution in [2.45, 2.75) is 12.8 Å². The highest BCUT2D eigenvalue weighted by Gasteiger charge is 2.24. The van der Waals surface area contributed by atoms with Gasteiger partial charge < -0.3 is 20.3 Å². The molecular formula is C21H24IN3O3. The highest BCUT2D eigenvalue weighted by Crippen LogP contribution is 2.24. The molecule has 1 aliphatic heterocycles. The molecule has 0 spiro atoms. The first-order valence-corrected chi connectivity index (χ1v) is 10.4. The van der Waals surface area contributed by atoms with Gasteiger partial charge in [-0.05, 0) is 65.6 Å². The number of anilines is 1. The number of benzene rings is 2. The van der Waals surface area contributed by atoms with Crippen LogP contribution >= 0.6 is 22.6 Å². The van der Waals surface area contributed by atoms with Crippen LogP contribution in [0.2, 0.25) is 0 Å². The highest BCUT2D eigenvalue weighted by molar-refractivity contribution is 14.1. The van der Waals surface area contributed by atoms with Crippen molar-refractivity contribution in [2.75, 3.05) is 32.1 Å². The lowest BCUT2D eigenvalue weighted by Crippen LogP contribution is -2.43. The van der Waals surface area contributed by atoms with Gasteiger partial charge in [0.25, 0.3) is 5.91 Å². The number of ether oxygens (including phenoxy) is 1. The number of para-hydroxylation sites is 2. The summed E-state index contributed by atoms with van der Waals surface area (Å²) in [6.07, 6.45) is 1.73. The van der Waals surface area contributed by atoms with Crippen LogP contribution in [0.4, 0.5) is 10.5 Å². The molecule has 0 saturated carbocycles. The van der Waals surface area contributed by atoms with Crippen molar-refractivity contribution < 1.29 is 14.3 Å². The van der Waals surface area contributed by atoms with Gasteiger partial charge in [-0.25, -0.2) is 4.79 Å². The number of likely N-dealkylation sites (tertiary alicyclic amines) is 1. The van der Waals surface area contributed by atoms with Gasteiger partial charge in [0.15, 0.2) is 0 Å². The minimum atomic E-state index is -0.120. The number of halogens is 1. The van der Waals surface area contributed by atoms with E-state index < -0.39 is 0 Å². The second kappa shape index (κ2) is 9.77. The summed E-state index contributed by atoms with van der Waals surface area (Å²) >= 11 is 2.17. The van der Waals surface area contributed by atoms with Gasteiger partial charge in [-0.2, -0.15) is 0 Å². The van der Waals surface area contributed by atoms with Gasteiger partial charge in [-0.3, -0.25) is 4.79 Å². The van der Waals surface area contributed by atoms with Crippen LogP contribution < -0.4 is 15.4 Å². The number of hydrogen-bond acceptors (Lipinski definition) is 3. The molecule has 1 fully saturated rings. The molecule has 3 amide bonds. The van der Waals surface area contributed by atoms with Crippen LogP contribution in [0.25, 0.3) is 0 Å². The van der Waals surface area contributed by atoms with Gasteiger partial charge in [-0.1, -0.05) is 24.3 Å². The highest BCUT2D eigenvalue weighted by atomic mass is 127. The first-order chi connectivity index (χ1) is 13.6. The Labute approximate surface area is 178 Å². The zero-order chi connectivity index (χ0) is 19.9. The van der Waals surface area contributed by atoms with Crippen molar-refractivity contribution in [3.8, 4) is 5.75 Å². The first-order valence-electron chi connectivity index (χ1n) is 9.30. The van der Waals surface area contributed by atoms with Crippen molar-refractivity contribution in [3.63, 3.8) is 0 Å². The molecule has 0 aliphatic carbocycles. The van der Waals surface area contributed by atoms with Gasteiger partial charge in [0.1, 0.15) is 5.75 Å². The van der Waals surface area contributed by atoms with Crippen LogP contribution in [-0.2, 0) is 0 Å². The van der Waals surface area contributed by atoms with Crippen molar-refractivity contribution in [1.82, 2.24) is 10.2 Å². The van der Waals surface area contributed by atoms with Gasteiger partial charge in [0, 0.05) is 23.2 Å². The molecule has 1 heterocycles. The molecule has 2 aromatic carbocycles. The van der Waals surface area contributed by atoms with Gasteiger partial charge in [0.05, 0.1) is 18.4 Å². The largest absolute Gasteiger partial charge is 0.495 e. The Morgan fingerprint density at radius 3 is 2.50 bits per heavy atom. The number of carbonyl (C=O) groups excluding carboxylic acids is 2. The third-order valence-corrected chi connectivity index (χ3v) is 5.86. The van der Waals surface area contributed by atoms with E-state index in [9.17, 15) is 9.59 Å². The maximum Gasteiger partial charge on any atom is 0.321 e. The minimum Gasteiger partial charge on any atom is -0.495 e. The van der Waals surface area contributed by atoms with E-state index in [0.717, 1.165) is 16.4 Å². The zero-order valence-corrected chi connectivity index (χ0v) is 17.9. The summed E-state index contributed by atoms with van der Waals surface area (Å²) in [6.45, 7) is 1.97. The second-order valence-corrected chi connectivity index (χ2v) is 7.91. The van der Waals surface area contributed by atoms with Gasteiger partial charge in [0.2, 0.25) is 0 Å². The van der Waals surface area contributed by atoms with E-state index >= 15 is 0 Å². The number of hydrogen-bond donors (Lipinski definition) is 2. The lowest BCUT2D eigenvalue weighted by atomic mass is 9.97. The monoisotopic (exact) mass is 493 g/mol. The number of nitrogens with one attached hydrogen (secondary N) is 2. The summed E-state index contributed by atoms with van der Waals surface area (Å²) in [4.78, 5) is 26.7. The van der Waals surface area contributed by atoms with Crippen LogP contribution in [0.5, 0.6) is 5.75 Å². The molecule has 0 unspecified atom stereocenters. The Kier molecular flexibility index (Phi) is 7.13. The van der Waals surface area contributed by atoms with Crippen molar-refractivity contribution in [3.05, 3.63) is 57.7 Å². The van der Waals surface area contributed by atoms with Crippen LogP contribution in [0.3, 0.4) is 0 Å². The molecule has 0 atom stereocenters. The Balaban J connectivity index is 1.46. The van der Waals surface area contributed by atoms with E-state index in [1.54, 1.807) is 7.11 Å². The topological polar surface area (TPSA) is 70.7 Å². The number of nitrogens with zero attached hydrogens (tertiary/aromatic N) is 1. The lowest BCUT2D eigenvalue weighted by Gasteiger charge is -2.32. The Hall–Kier alpha value is -2.29. The molecule has 3 rings (SSSR count). The average Bonchev–Trinajstić information content (AvgIpc) is 2.73. The van der Waals surface area contributed by atoms with Crippen LogP contribution in [-0.4, -0.2) is 43.6 Å². The predicted octanol–water partition coefficient (Wildman–Crippen LogP) is 3.97. The summed E-state index contributed by atoms with van der Waals surface area (Å²) in [5, 5.41) is 5.94. The van der Waals surface area contributed by atoms with Crippen molar-refractivity contribution >= 4 is 40.2 Å². The summed E-state index contributed by atoms with van der Waals surface area (Å²) in [5.41, 5.74) is 1.37. The molecule has 1 saturated heterocycles. The summed E-state index contributed by atoms with van der Waals surface area (Å²) in [6, 6.07) is 14.8. The number of piperidine rings is 1. The molecule has 7 heteroatoms. The average molecular weight is 493 g/mol. The third kappa shape index (κ3) is 5.15. The summed E-state index contributed by atoms with van der Waals surface area (Å²) in [5.74, 6) is 0.978. The molecule has 1 aliphatic rings. The Bertz CT molecular complexity index is 835. The van der Waals surface area contributed by atoms with Crippen molar-refractivity contribution in [1.29, 1.82) is 0 Å². The predicted molar refractivity (Wildman–Crippen MR) is 118 cm³/mol. The van der Waals surface area contributed by atoms with Gasteiger partial charge >= 0.3 is 6.03 Å². The summed E-state index contributed by atoms with van der Waals surface area (Å²) in [7, 11) is 1.58. The molecule has 28 heavy (non-hydrogen) atoms. The van der Waals surface area contributed by atoms with Crippen molar-refractivity contribution in [2.24, 2.45) is 5.92 Å². The van der Waals surface area contributed by atoms with Crippen LogP contribution in [0.1, 0.15) is 23.2 Å². The molecule has 148 valence electrons. The smallest absolute Gasteiger partial charge is 0.321 e. The SMILES string of the molecule is COc1ccccc1NC(=O)N1CCC(CNC(=O)c2ccccc2I)CC1. The van der Waals surface area contributed by atoms with E-state index in [1.807, 2.05) is 53.4 Å². The zero-order valence-electron chi connectivity index (χ0n) is 15.8. The molecule has 6 nitrogen and oxygen atoms in total. The fourth-order valence-corrected chi connectivity index (χ4v) is 3.89. The van der Waals surface area contributed by atoms with Crippen LogP contribution in [0, 0.1) is 9.49 Å². The van der Waals surface area contributed by atoms with E-state index in [1.165, 1.54) is 0 Å². The lowest BCUT2D eigenvalue weighted by molar-refractivity contribution is 0.0938. The Morgan fingerprint density at radius 2 is 1.79 bits per heavy atom. The molecule has 0 bridgehead atoms. The number of methoxy groups -OCH3 is 1. The number of carbonyl (C=O) groups is 2. The second-order valence-electron chi connectivity index (χ2n) is 6.75. The maximum atomic E-state index is 12.5. The third-order valence-electron chi connectivity index (χ3n) is 4.92. The minimum absolute atomic E-state index is 0.0404. The quantitative estimate of drug-likeness (QED) is 0.620. The van der Waals surface area contributed by atoms with Crippen LogP contribution in [0.15, 0.2) is 48.5 Å².